The number of methoxy groups -OCH3 is 1. The highest BCUT2D eigenvalue weighted by Gasteiger charge is 2.17. The van der Waals surface area contributed by atoms with Crippen LogP contribution in [-0.2, 0) is 6.54 Å². The molecular formula is C14H22BrN3O. The van der Waals surface area contributed by atoms with Crippen molar-refractivity contribution in [3.63, 3.8) is 0 Å². The number of benzene rings is 1. The van der Waals surface area contributed by atoms with Gasteiger partial charge in [0.25, 0.3) is 0 Å². The lowest BCUT2D eigenvalue weighted by atomic mass is 10.2. The van der Waals surface area contributed by atoms with E-state index in [0.717, 1.165) is 56.0 Å². The zero-order valence-corrected chi connectivity index (χ0v) is 13.0. The Kier molecular flexibility index (Phi) is 5.63. The molecule has 5 heteroatoms. The lowest BCUT2D eigenvalue weighted by Gasteiger charge is -2.34. The molecule has 1 saturated heterocycles. The summed E-state index contributed by atoms with van der Waals surface area (Å²) in [5, 5.41) is 0. The molecule has 0 atom stereocenters. The second-order valence-electron chi connectivity index (χ2n) is 4.86. The SMILES string of the molecule is COc1ccc(Br)c(CN2CCN(CCN)CC2)c1. The van der Waals surface area contributed by atoms with Crippen molar-refractivity contribution >= 4 is 15.9 Å². The van der Waals surface area contributed by atoms with E-state index in [9.17, 15) is 0 Å². The second-order valence-corrected chi connectivity index (χ2v) is 5.72. The van der Waals surface area contributed by atoms with E-state index in [2.05, 4.69) is 37.9 Å². The van der Waals surface area contributed by atoms with Gasteiger partial charge >= 0.3 is 0 Å². The topological polar surface area (TPSA) is 41.7 Å². The molecule has 0 radical (unpaired) electrons. The van der Waals surface area contributed by atoms with Gasteiger partial charge in [0.15, 0.2) is 0 Å². The van der Waals surface area contributed by atoms with Gasteiger partial charge in [-0.2, -0.15) is 0 Å². The van der Waals surface area contributed by atoms with E-state index in [1.807, 2.05) is 6.07 Å². The summed E-state index contributed by atoms with van der Waals surface area (Å²) in [6.45, 7) is 7.15. The summed E-state index contributed by atoms with van der Waals surface area (Å²) in [4.78, 5) is 4.91. The Balaban J connectivity index is 1.91. The molecule has 1 aromatic rings. The van der Waals surface area contributed by atoms with Crippen LogP contribution in [0.2, 0.25) is 0 Å². The number of hydrogen-bond donors (Lipinski definition) is 1. The summed E-state index contributed by atoms with van der Waals surface area (Å²) in [5.41, 5.74) is 6.88. The lowest BCUT2D eigenvalue weighted by molar-refractivity contribution is 0.129. The van der Waals surface area contributed by atoms with E-state index in [-0.39, 0.29) is 0 Å². The zero-order valence-electron chi connectivity index (χ0n) is 11.4. The molecule has 1 fully saturated rings. The molecule has 106 valence electrons. The molecule has 0 unspecified atom stereocenters. The summed E-state index contributed by atoms with van der Waals surface area (Å²) < 4.78 is 6.44. The molecule has 0 saturated carbocycles. The van der Waals surface area contributed by atoms with E-state index in [1.165, 1.54) is 5.56 Å². The lowest BCUT2D eigenvalue weighted by Crippen LogP contribution is -2.47. The summed E-state index contributed by atoms with van der Waals surface area (Å²) in [5.74, 6) is 0.917. The van der Waals surface area contributed by atoms with E-state index < -0.39 is 0 Å². The average molecular weight is 328 g/mol. The van der Waals surface area contributed by atoms with Crippen molar-refractivity contribution < 1.29 is 4.74 Å². The first-order valence-corrected chi connectivity index (χ1v) is 7.49. The molecular weight excluding hydrogens is 306 g/mol. The van der Waals surface area contributed by atoms with Gasteiger partial charge in [-0.05, 0) is 23.8 Å². The Morgan fingerprint density at radius 2 is 1.89 bits per heavy atom. The molecule has 2 rings (SSSR count). The van der Waals surface area contributed by atoms with E-state index in [4.69, 9.17) is 10.5 Å². The molecule has 1 heterocycles. The summed E-state index contributed by atoms with van der Waals surface area (Å²) in [6.07, 6.45) is 0. The van der Waals surface area contributed by atoms with Crippen LogP contribution in [0.1, 0.15) is 5.56 Å². The summed E-state index contributed by atoms with van der Waals surface area (Å²) in [7, 11) is 1.71. The van der Waals surface area contributed by atoms with Crippen LogP contribution in [0, 0.1) is 0 Å². The zero-order chi connectivity index (χ0) is 13.7. The maximum atomic E-state index is 5.59. The smallest absolute Gasteiger partial charge is 0.119 e. The first-order chi connectivity index (χ1) is 9.22. The minimum absolute atomic E-state index is 0.751. The molecule has 0 amide bonds. The number of rotatable bonds is 5. The molecule has 4 nitrogen and oxygen atoms in total. The van der Waals surface area contributed by atoms with Crippen LogP contribution in [0.25, 0.3) is 0 Å². The fourth-order valence-electron chi connectivity index (χ4n) is 2.39. The van der Waals surface area contributed by atoms with Crippen LogP contribution in [0.4, 0.5) is 0 Å². The maximum absolute atomic E-state index is 5.59. The van der Waals surface area contributed by atoms with Gasteiger partial charge in [-0.1, -0.05) is 15.9 Å². The van der Waals surface area contributed by atoms with E-state index >= 15 is 0 Å². The Morgan fingerprint density at radius 1 is 1.21 bits per heavy atom. The Labute approximate surface area is 123 Å². The van der Waals surface area contributed by atoms with Crippen molar-refractivity contribution in [1.29, 1.82) is 0 Å². The average Bonchev–Trinajstić information content (AvgIpc) is 2.44. The molecule has 19 heavy (non-hydrogen) atoms. The summed E-state index contributed by atoms with van der Waals surface area (Å²) in [6, 6.07) is 6.14. The Hall–Kier alpha value is -0.620. The van der Waals surface area contributed by atoms with Gasteiger partial charge < -0.3 is 10.5 Å². The maximum Gasteiger partial charge on any atom is 0.119 e. The fraction of sp³-hybridized carbons (Fsp3) is 0.571. The molecule has 1 aromatic carbocycles. The van der Waals surface area contributed by atoms with Crippen molar-refractivity contribution in [2.24, 2.45) is 5.73 Å². The highest BCUT2D eigenvalue weighted by atomic mass is 79.9. The van der Waals surface area contributed by atoms with Gasteiger partial charge in [-0.3, -0.25) is 9.80 Å². The number of nitrogens with zero attached hydrogens (tertiary/aromatic N) is 2. The van der Waals surface area contributed by atoms with Crippen LogP contribution >= 0.6 is 15.9 Å². The summed E-state index contributed by atoms with van der Waals surface area (Å²) >= 11 is 3.61. The van der Waals surface area contributed by atoms with E-state index in [0.29, 0.717) is 0 Å². The van der Waals surface area contributed by atoms with Crippen molar-refractivity contribution in [3.05, 3.63) is 28.2 Å². The normalized spacial score (nSPS) is 17.6. The highest BCUT2D eigenvalue weighted by Crippen LogP contribution is 2.24. The number of ether oxygens (including phenoxy) is 1. The van der Waals surface area contributed by atoms with Gasteiger partial charge in [0.2, 0.25) is 0 Å². The number of halogens is 1. The molecule has 2 N–H and O–H groups in total. The van der Waals surface area contributed by atoms with Crippen LogP contribution in [0.3, 0.4) is 0 Å². The predicted octanol–water partition coefficient (Wildman–Crippen LogP) is 1.53. The minimum Gasteiger partial charge on any atom is -0.497 e. The second kappa shape index (κ2) is 7.24. The first kappa shape index (κ1) is 14.8. The van der Waals surface area contributed by atoms with Crippen LogP contribution in [0.15, 0.2) is 22.7 Å². The van der Waals surface area contributed by atoms with E-state index in [1.54, 1.807) is 7.11 Å². The predicted molar refractivity (Wildman–Crippen MR) is 81.5 cm³/mol. The molecule has 0 bridgehead atoms. The molecule has 1 aliphatic heterocycles. The third kappa shape index (κ3) is 4.18. The fourth-order valence-corrected chi connectivity index (χ4v) is 2.77. The minimum atomic E-state index is 0.751. The van der Waals surface area contributed by atoms with Crippen LogP contribution in [-0.4, -0.2) is 56.2 Å². The first-order valence-electron chi connectivity index (χ1n) is 6.70. The Morgan fingerprint density at radius 3 is 2.53 bits per heavy atom. The van der Waals surface area contributed by atoms with Crippen LogP contribution in [0.5, 0.6) is 5.75 Å². The molecule has 0 aromatic heterocycles. The molecule has 1 aliphatic rings. The van der Waals surface area contributed by atoms with Gasteiger partial charge in [0, 0.05) is 50.3 Å². The quantitative estimate of drug-likeness (QED) is 0.890. The van der Waals surface area contributed by atoms with Gasteiger partial charge in [-0.15, -0.1) is 0 Å². The number of hydrogen-bond acceptors (Lipinski definition) is 4. The standard InChI is InChI=1S/C14H22BrN3O/c1-19-13-2-3-14(15)12(10-13)11-18-8-6-17(5-4-16)7-9-18/h2-3,10H,4-9,11,16H2,1H3. The molecule has 0 spiro atoms. The van der Waals surface area contributed by atoms with Crippen LogP contribution < -0.4 is 10.5 Å². The molecule has 0 aliphatic carbocycles. The highest BCUT2D eigenvalue weighted by molar-refractivity contribution is 9.10. The van der Waals surface area contributed by atoms with Crippen molar-refractivity contribution in [2.75, 3.05) is 46.4 Å². The monoisotopic (exact) mass is 327 g/mol. The number of piperazine rings is 1. The third-order valence-corrected chi connectivity index (χ3v) is 4.33. The van der Waals surface area contributed by atoms with Crippen molar-refractivity contribution in [1.82, 2.24) is 9.80 Å². The Bertz CT molecular complexity index is 406. The van der Waals surface area contributed by atoms with Crippen molar-refractivity contribution in [2.45, 2.75) is 6.54 Å². The largest absolute Gasteiger partial charge is 0.497 e. The van der Waals surface area contributed by atoms with Crippen molar-refractivity contribution in [3.8, 4) is 5.75 Å². The van der Waals surface area contributed by atoms with Gasteiger partial charge in [0.1, 0.15) is 5.75 Å². The van der Waals surface area contributed by atoms with Gasteiger partial charge in [-0.25, -0.2) is 0 Å². The third-order valence-electron chi connectivity index (χ3n) is 3.56. The van der Waals surface area contributed by atoms with Gasteiger partial charge in [0.05, 0.1) is 7.11 Å². The number of nitrogens with two attached hydrogens (primary N) is 1.